The molecule has 0 aliphatic heterocycles. The lowest BCUT2D eigenvalue weighted by atomic mass is 10.1. The van der Waals surface area contributed by atoms with Crippen LogP contribution in [0.3, 0.4) is 0 Å². The zero-order valence-electron chi connectivity index (χ0n) is 16.6. The van der Waals surface area contributed by atoms with Gasteiger partial charge in [-0.1, -0.05) is 17.4 Å². The van der Waals surface area contributed by atoms with Gasteiger partial charge in [0.15, 0.2) is 0 Å². The van der Waals surface area contributed by atoms with Crippen molar-refractivity contribution < 1.29 is 4.79 Å². The first-order valence-corrected chi connectivity index (χ1v) is 9.98. The average Bonchev–Trinajstić information content (AvgIpc) is 3.31. The Labute approximate surface area is 167 Å². The van der Waals surface area contributed by atoms with Gasteiger partial charge in [-0.3, -0.25) is 9.48 Å². The molecule has 1 aromatic carbocycles. The molecule has 0 spiro atoms. The third-order valence-electron chi connectivity index (χ3n) is 4.51. The standard InChI is InChI=1S/C20H22N6OS/c1-6-25-15(9-13(4)23-25)19(27)21-17-10-14(5)24-26(17)20-22-18-12(3)7-11(2)8-16(18)28-20/h7-10H,6H2,1-5H3,(H,21,27). The molecule has 8 heteroatoms. The molecule has 0 saturated heterocycles. The summed E-state index contributed by atoms with van der Waals surface area (Å²) < 4.78 is 4.51. The lowest BCUT2D eigenvalue weighted by Gasteiger charge is -2.07. The molecule has 0 aliphatic carbocycles. The molecule has 3 aromatic heterocycles. The first-order chi connectivity index (χ1) is 13.4. The number of benzene rings is 1. The summed E-state index contributed by atoms with van der Waals surface area (Å²) in [7, 11) is 0. The number of hydrogen-bond acceptors (Lipinski definition) is 5. The van der Waals surface area contributed by atoms with E-state index in [0.717, 1.165) is 32.3 Å². The second-order valence-corrected chi connectivity index (χ2v) is 7.96. The number of carbonyl (C=O) groups excluding carboxylic acids is 1. The number of anilines is 1. The number of fused-ring (bicyclic) bond motifs is 1. The molecular formula is C20H22N6OS. The molecule has 0 bridgehead atoms. The van der Waals surface area contributed by atoms with Crippen molar-refractivity contribution in [2.24, 2.45) is 0 Å². The van der Waals surface area contributed by atoms with Crippen LogP contribution in [0, 0.1) is 27.7 Å². The van der Waals surface area contributed by atoms with Gasteiger partial charge < -0.3 is 5.32 Å². The smallest absolute Gasteiger partial charge is 0.275 e. The molecule has 144 valence electrons. The van der Waals surface area contributed by atoms with Crippen molar-refractivity contribution in [3.8, 4) is 5.13 Å². The van der Waals surface area contributed by atoms with E-state index in [-0.39, 0.29) is 5.91 Å². The molecular weight excluding hydrogens is 372 g/mol. The van der Waals surface area contributed by atoms with Crippen molar-refractivity contribution in [2.75, 3.05) is 5.32 Å². The third kappa shape index (κ3) is 3.20. The van der Waals surface area contributed by atoms with Gasteiger partial charge in [-0.25, -0.2) is 4.98 Å². The normalized spacial score (nSPS) is 11.3. The van der Waals surface area contributed by atoms with E-state index < -0.39 is 0 Å². The van der Waals surface area contributed by atoms with E-state index >= 15 is 0 Å². The van der Waals surface area contributed by atoms with Crippen LogP contribution in [-0.2, 0) is 6.54 Å². The van der Waals surface area contributed by atoms with E-state index in [1.807, 2.05) is 26.8 Å². The summed E-state index contributed by atoms with van der Waals surface area (Å²) in [6, 6.07) is 7.88. The summed E-state index contributed by atoms with van der Waals surface area (Å²) >= 11 is 1.56. The van der Waals surface area contributed by atoms with Crippen molar-refractivity contribution in [1.29, 1.82) is 0 Å². The fourth-order valence-corrected chi connectivity index (χ4v) is 4.44. The molecule has 4 aromatic rings. The number of aromatic nitrogens is 5. The van der Waals surface area contributed by atoms with Gasteiger partial charge in [0.2, 0.25) is 5.13 Å². The summed E-state index contributed by atoms with van der Waals surface area (Å²) in [5, 5.41) is 12.6. The van der Waals surface area contributed by atoms with E-state index in [4.69, 9.17) is 4.98 Å². The summed E-state index contributed by atoms with van der Waals surface area (Å²) in [5.74, 6) is 0.383. The largest absolute Gasteiger partial charge is 0.305 e. The molecule has 1 amide bonds. The summed E-state index contributed by atoms with van der Waals surface area (Å²) in [6.45, 7) is 10.5. The van der Waals surface area contributed by atoms with Crippen LogP contribution in [0.5, 0.6) is 0 Å². The van der Waals surface area contributed by atoms with E-state index in [0.29, 0.717) is 18.1 Å². The van der Waals surface area contributed by atoms with Crippen molar-refractivity contribution in [2.45, 2.75) is 41.2 Å². The lowest BCUT2D eigenvalue weighted by Crippen LogP contribution is -2.19. The average molecular weight is 395 g/mol. The molecule has 0 atom stereocenters. The maximum atomic E-state index is 12.8. The Bertz CT molecular complexity index is 1200. The molecule has 7 nitrogen and oxygen atoms in total. The molecule has 0 unspecified atom stereocenters. The fraction of sp³-hybridized carbons (Fsp3) is 0.300. The van der Waals surface area contributed by atoms with Crippen molar-refractivity contribution >= 4 is 33.3 Å². The number of nitrogens with zero attached hydrogens (tertiary/aromatic N) is 5. The number of nitrogens with one attached hydrogen (secondary N) is 1. The van der Waals surface area contributed by atoms with Crippen LogP contribution in [0.2, 0.25) is 0 Å². The fourth-order valence-electron chi connectivity index (χ4n) is 3.33. The third-order valence-corrected chi connectivity index (χ3v) is 5.49. The van der Waals surface area contributed by atoms with Gasteiger partial charge in [-0.2, -0.15) is 14.9 Å². The molecule has 0 aliphatic rings. The molecule has 28 heavy (non-hydrogen) atoms. The Morgan fingerprint density at radius 2 is 1.82 bits per heavy atom. The Kier molecular flexibility index (Phi) is 4.50. The molecule has 3 heterocycles. The minimum Gasteiger partial charge on any atom is -0.305 e. The van der Waals surface area contributed by atoms with Crippen LogP contribution < -0.4 is 5.32 Å². The van der Waals surface area contributed by atoms with Gasteiger partial charge in [-0.15, -0.1) is 0 Å². The van der Waals surface area contributed by atoms with Crippen LogP contribution in [0.15, 0.2) is 24.3 Å². The number of hydrogen-bond donors (Lipinski definition) is 1. The minimum atomic E-state index is -0.211. The highest BCUT2D eigenvalue weighted by Gasteiger charge is 2.18. The monoisotopic (exact) mass is 394 g/mol. The van der Waals surface area contributed by atoms with E-state index in [1.165, 1.54) is 5.56 Å². The summed E-state index contributed by atoms with van der Waals surface area (Å²) in [4.78, 5) is 17.6. The maximum absolute atomic E-state index is 12.8. The van der Waals surface area contributed by atoms with E-state index in [2.05, 4.69) is 41.5 Å². The zero-order valence-corrected chi connectivity index (χ0v) is 17.4. The van der Waals surface area contributed by atoms with Crippen molar-refractivity contribution in [3.63, 3.8) is 0 Å². The summed E-state index contributed by atoms with van der Waals surface area (Å²) in [5.41, 5.74) is 5.45. The van der Waals surface area contributed by atoms with Gasteiger partial charge >= 0.3 is 0 Å². The van der Waals surface area contributed by atoms with Gasteiger partial charge in [0.25, 0.3) is 5.91 Å². The molecule has 4 rings (SSSR count). The first-order valence-electron chi connectivity index (χ1n) is 9.16. The Morgan fingerprint density at radius 3 is 2.57 bits per heavy atom. The van der Waals surface area contributed by atoms with Crippen molar-refractivity contribution in [3.05, 3.63) is 52.5 Å². The van der Waals surface area contributed by atoms with Crippen molar-refractivity contribution in [1.82, 2.24) is 24.5 Å². The van der Waals surface area contributed by atoms with Crippen LogP contribution >= 0.6 is 11.3 Å². The predicted molar refractivity (Wildman–Crippen MR) is 112 cm³/mol. The second kappa shape index (κ2) is 6.87. The number of carbonyl (C=O) groups is 1. The Balaban J connectivity index is 1.73. The SMILES string of the molecule is CCn1nc(C)cc1C(=O)Nc1cc(C)nn1-c1nc2c(C)cc(C)cc2s1. The molecule has 0 fully saturated rings. The lowest BCUT2D eigenvalue weighted by molar-refractivity contribution is 0.101. The number of thiazole rings is 1. The Hall–Kier alpha value is -3.00. The van der Waals surface area contributed by atoms with Crippen LogP contribution in [0.4, 0.5) is 5.82 Å². The molecule has 1 N–H and O–H groups in total. The first kappa shape index (κ1) is 18.4. The number of amides is 1. The highest BCUT2D eigenvalue weighted by atomic mass is 32.1. The maximum Gasteiger partial charge on any atom is 0.275 e. The van der Waals surface area contributed by atoms with Gasteiger partial charge in [0.05, 0.1) is 21.6 Å². The second-order valence-electron chi connectivity index (χ2n) is 6.95. The number of rotatable bonds is 4. The number of aryl methyl sites for hydroxylation is 5. The van der Waals surface area contributed by atoms with Gasteiger partial charge in [-0.05, 0) is 57.9 Å². The molecule has 0 radical (unpaired) electrons. The highest BCUT2D eigenvalue weighted by Crippen LogP contribution is 2.30. The Morgan fingerprint density at radius 1 is 1.07 bits per heavy atom. The topological polar surface area (TPSA) is 77.6 Å². The van der Waals surface area contributed by atoms with Gasteiger partial charge in [0.1, 0.15) is 11.5 Å². The minimum absolute atomic E-state index is 0.211. The van der Waals surface area contributed by atoms with E-state index in [1.54, 1.807) is 26.8 Å². The quantitative estimate of drug-likeness (QED) is 0.563. The predicted octanol–water partition coefficient (Wildman–Crippen LogP) is 4.18. The van der Waals surface area contributed by atoms with Crippen LogP contribution in [0.1, 0.15) is 39.9 Å². The van der Waals surface area contributed by atoms with Crippen LogP contribution in [-0.4, -0.2) is 30.5 Å². The highest BCUT2D eigenvalue weighted by molar-refractivity contribution is 7.20. The van der Waals surface area contributed by atoms with Gasteiger partial charge in [0, 0.05) is 12.6 Å². The summed E-state index contributed by atoms with van der Waals surface area (Å²) in [6.07, 6.45) is 0. The van der Waals surface area contributed by atoms with Crippen LogP contribution in [0.25, 0.3) is 15.3 Å². The van der Waals surface area contributed by atoms with E-state index in [9.17, 15) is 4.79 Å². The molecule has 0 saturated carbocycles. The zero-order chi connectivity index (χ0) is 20.0.